The van der Waals surface area contributed by atoms with Gasteiger partial charge in [0, 0.05) is 23.4 Å². The number of thiophene rings is 1. The number of hydrogen-bond donors (Lipinski definition) is 1. The summed E-state index contributed by atoms with van der Waals surface area (Å²) in [6.07, 6.45) is 3.29. The molecule has 1 fully saturated rings. The van der Waals surface area contributed by atoms with Crippen molar-refractivity contribution < 1.29 is 4.74 Å². The number of nitrogens with two attached hydrogens (primary N) is 1. The molecule has 0 aromatic carbocycles. The van der Waals surface area contributed by atoms with Crippen LogP contribution in [0.3, 0.4) is 0 Å². The predicted molar refractivity (Wildman–Crippen MR) is 64.6 cm³/mol. The van der Waals surface area contributed by atoms with E-state index in [0.717, 1.165) is 30.4 Å². The van der Waals surface area contributed by atoms with Crippen LogP contribution in [-0.4, -0.2) is 19.8 Å². The Morgan fingerprint density at radius 1 is 1.53 bits per heavy atom. The summed E-state index contributed by atoms with van der Waals surface area (Å²) in [5.74, 6) is 0. The number of halogens is 1. The van der Waals surface area contributed by atoms with Crippen LogP contribution in [0.5, 0.6) is 0 Å². The molecule has 1 aromatic heterocycles. The molecule has 15 heavy (non-hydrogen) atoms. The summed E-state index contributed by atoms with van der Waals surface area (Å²) in [5, 5.41) is 0. The second-order valence-electron chi connectivity index (χ2n) is 4.24. The monoisotopic (exact) mass is 245 g/mol. The maximum absolute atomic E-state index is 5.92. The lowest BCUT2D eigenvalue weighted by Gasteiger charge is -2.35. The van der Waals surface area contributed by atoms with Crippen molar-refractivity contribution in [3.05, 3.63) is 21.3 Å². The van der Waals surface area contributed by atoms with Crippen molar-refractivity contribution in [3.8, 4) is 0 Å². The van der Waals surface area contributed by atoms with Crippen LogP contribution in [-0.2, 0) is 11.2 Å². The molecule has 1 aliphatic rings. The lowest BCUT2D eigenvalue weighted by molar-refractivity contribution is -0.00222. The summed E-state index contributed by atoms with van der Waals surface area (Å²) in [6, 6.07) is 4.05. The first-order chi connectivity index (χ1) is 7.24. The molecule has 2 N–H and O–H groups in total. The average Bonchev–Trinajstić information content (AvgIpc) is 2.65. The van der Waals surface area contributed by atoms with E-state index in [4.69, 9.17) is 22.1 Å². The molecule has 0 amide bonds. The van der Waals surface area contributed by atoms with E-state index in [-0.39, 0.29) is 5.41 Å². The van der Waals surface area contributed by atoms with Crippen LogP contribution in [0.15, 0.2) is 12.1 Å². The molecule has 1 atom stereocenters. The van der Waals surface area contributed by atoms with Crippen molar-refractivity contribution in [2.24, 2.45) is 11.1 Å². The minimum absolute atomic E-state index is 0.145. The summed E-state index contributed by atoms with van der Waals surface area (Å²) in [7, 11) is 0. The van der Waals surface area contributed by atoms with Gasteiger partial charge < -0.3 is 10.5 Å². The Morgan fingerprint density at radius 2 is 2.40 bits per heavy atom. The van der Waals surface area contributed by atoms with E-state index in [9.17, 15) is 0 Å². The second-order valence-corrected chi connectivity index (χ2v) is 6.04. The largest absolute Gasteiger partial charge is 0.381 e. The molecule has 0 aliphatic carbocycles. The summed E-state index contributed by atoms with van der Waals surface area (Å²) < 4.78 is 6.40. The van der Waals surface area contributed by atoms with Crippen LogP contribution in [0, 0.1) is 5.41 Å². The molecule has 1 aliphatic heterocycles. The van der Waals surface area contributed by atoms with Crippen molar-refractivity contribution in [2.75, 3.05) is 19.8 Å². The van der Waals surface area contributed by atoms with E-state index in [1.54, 1.807) is 11.3 Å². The van der Waals surface area contributed by atoms with Gasteiger partial charge >= 0.3 is 0 Å². The zero-order chi connectivity index (χ0) is 10.7. The topological polar surface area (TPSA) is 35.2 Å². The molecule has 2 rings (SSSR count). The maximum Gasteiger partial charge on any atom is 0.0931 e. The molecule has 0 radical (unpaired) electrons. The summed E-state index contributed by atoms with van der Waals surface area (Å²) in [5.41, 5.74) is 6.03. The molecule has 1 saturated heterocycles. The van der Waals surface area contributed by atoms with Crippen molar-refractivity contribution in [1.29, 1.82) is 0 Å². The average molecular weight is 246 g/mol. The molecule has 84 valence electrons. The molecule has 2 nitrogen and oxygen atoms in total. The molecule has 0 spiro atoms. The summed E-state index contributed by atoms with van der Waals surface area (Å²) in [4.78, 5) is 1.32. The van der Waals surface area contributed by atoms with Crippen LogP contribution in [0.1, 0.15) is 17.7 Å². The first kappa shape index (κ1) is 11.4. The van der Waals surface area contributed by atoms with Gasteiger partial charge in [-0.1, -0.05) is 11.6 Å². The maximum atomic E-state index is 5.92. The fourth-order valence-corrected chi connectivity index (χ4v) is 3.36. The quantitative estimate of drug-likeness (QED) is 0.889. The van der Waals surface area contributed by atoms with E-state index in [2.05, 4.69) is 6.07 Å². The summed E-state index contributed by atoms with van der Waals surface area (Å²) >= 11 is 7.57. The number of hydrogen-bond acceptors (Lipinski definition) is 3. The SMILES string of the molecule is NCC1(Cc2ccc(Cl)s2)CCCOC1. The summed E-state index contributed by atoms with van der Waals surface area (Å²) in [6.45, 7) is 2.37. The van der Waals surface area contributed by atoms with Gasteiger partial charge in [-0.05, 0) is 31.4 Å². The van der Waals surface area contributed by atoms with Gasteiger partial charge in [0.1, 0.15) is 0 Å². The van der Waals surface area contributed by atoms with E-state index in [0.29, 0.717) is 6.54 Å². The minimum atomic E-state index is 0.145. The highest BCUT2D eigenvalue weighted by atomic mass is 35.5. The highest BCUT2D eigenvalue weighted by molar-refractivity contribution is 7.16. The number of ether oxygens (including phenoxy) is 1. The Balaban J connectivity index is 2.06. The van der Waals surface area contributed by atoms with Crippen molar-refractivity contribution in [2.45, 2.75) is 19.3 Å². The Kier molecular flexibility index (Phi) is 3.67. The zero-order valence-corrected chi connectivity index (χ0v) is 10.2. The molecule has 2 heterocycles. The fourth-order valence-electron chi connectivity index (χ4n) is 2.10. The lowest BCUT2D eigenvalue weighted by atomic mass is 9.79. The van der Waals surface area contributed by atoms with Gasteiger partial charge in [0.2, 0.25) is 0 Å². The predicted octanol–water partition coefficient (Wildman–Crippen LogP) is 2.70. The molecule has 1 aromatic rings. The standard InChI is InChI=1S/C11H16ClNOS/c12-10-3-2-9(15-10)6-11(7-13)4-1-5-14-8-11/h2-3H,1,4-8,13H2. The van der Waals surface area contributed by atoms with Crippen molar-refractivity contribution in [3.63, 3.8) is 0 Å². The van der Waals surface area contributed by atoms with Crippen LogP contribution < -0.4 is 5.73 Å². The van der Waals surface area contributed by atoms with E-state index < -0.39 is 0 Å². The molecule has 0 saturated carbocycles. The Bertz CT molecular complexity index is 320. The molecular weight excluding hydrogens is 230 g/mol. The van der Waals surface area contributed by atoms with Gasteiger partial charge in [0.25, 0.3) is 0 Å². The first-order valence-corrected chi connectivity index (χ1v) is 6.46. The Labute approximate surface area is 99.4 Å². The molecule has 1 unspecified atom stereocenters. The molecule has 0 bridgehead atoms. The third-order valence-corrected chi connectivity index (χ3v) is 4.25. The van der Waals surface area contributed by atoms with Crippen LogP contribution in [0.4, 0.5) is 0 Å². The third kappa shape index (κ3) is 2.72. The fraction of sp³-hybridized carbons (Fsp3) is 0.636. The van der Waals surface area contributed by atoms with Gasteiger partial charge in [-0.25, -0.2) is 0 Å². The van der Waals surface area contributed by atoms with Crippen molar-refractivity contribution in [1.82, 2.24) is 0 Å². The van der Waals surface area contributed by atoms with Gasteiger partial charge in [-0.2, -0.15) is 0 Å². The van der Waals surface area contributed by atoms with E-state index >= 15 is 0 Å². The van der Waals surface area contributed by atoms with E-state index in [1.807, 2.05) is 6.07 Å². The molecule has 4 heteroatoms. The highest BCUT2D eigenvalue weighted by Gasteiger charge is 2.32. The first-order valence-electron chi connectivity index (χ1n) is 5.26. The van der Waals surface area contributed by atoms with Gasteiger partial charge in [0.05, 0.1) is 10.9 Å². The van der Waals surface area contributed by atoms with Gasteiger partial charge in [-0.15, -0.1) is 11.3 Å². The van der Waals surface area contributed by atoms with Gasteiger partial charge in [0.15, 0.2) is 0 Å². The zero-order valence-electron chi connectivity index (χ0n) is 8.67. The van der Waals surface area contributed by atoms with E-state index in [1.165, 1.54) is 11.3 Å². The Hall–Kier alpha value is -0.0900. The lowest BCUT2D eigenvalue weighted by Crippen LogP contribution is -2.40. The van der Waals surface area contributed by atoms with Crippen molar-refractivity contribution >= 4 is 22.9 Å². The van der Waals surface area contributed by atoms with Crippen LogP contribution >= 0.6 is 22.9 Å². The highest BCUT2D eigenvalue weighted by Crippen LogP contribution is 2.34. The van der Waals surface area contributed by atoms with Crippen LogP contribution in [0.25, 0.3) is 0 Å². The smallest absolute Gasteiger partial charge is 0.0931 e. The number of rotatable bonds is 3. The minimum Gasteiger partial charge on any atom is -0.381 e. The Morgan fingerprint density at radius 3 is 2.93 bits per heavy atom. The third-order valence-electron chi connectivity index (χ3n) is 3.02. The second kappa shape index (κ2) is 4.83. The molecular formula is C11H16ClNOS. The van der Waals surface area contributed by atoms with Gasteiger partial charge in [-0.3, -0.25) is 0 Å². The normalized spacial score (nSPS) is 26.8. The van der Waals surface area contributed by atoms with Crippen LogP contribution in [0.2, 0.25) is 4.34 Å².